The summed E-state index contributed by atoms with van der Waals surface area (Å²) >= 11 is 0. The Morgan fingerprint density at radius 3 is 2.55 bits per heavy atom. The van der Waals surface area contributed by atoms with Gasteiger partial charge in [-0.1, -0.05) is 6.07 Å². The van der Waals surface area contributed by atoms with Crippen LogP contribution in [0.4, 0.5) is 5.69 Å². The molecule has 1 amide bonds. The van der Waals surface area contributed by atoms with Crippen LogP contribution in [0.1, 0.15) is 12.5 Å². The van der Waals surface area contributed by atoms with Crippen molar-refractivity contribution in [3.05, 3.63) is 70.5 Å². The normalized spacial score (nSPS) is 10.4. The molecule has 2 aromatic carbocycles. The summed E-state index contributed by atoms with van der Waals surface area (Å²) in [5.74, 6) is 0.941. The summed E-state index contributed by atoms with van der Waals surface area (Å²) < 4.78 is 11.8. The topological polar surface area (TPSA) is 82.5 Å². The summed E-state index contributed by atoms with van der Waals surface area (Å²) in [6.45, 7) is 4.22. The lowest BCUT2D eigenvalue weighted by Crippen LogP contribution is -2.29. The first-order chi connectivity index (χ1) is 14.0. The minimum absolute atomic E-state index is 0.208. The summed E-state index contributed by atoms with van der Waals surface area (Å²) in [5.41, 5.74) is 2.59. The van der Waals surface area contributed by atoms with Crippen molar-refractivity contribution in [3.8, 4) is 22.8 Å². The van der Waals surface area contributed by atoms with Gasteiger partial charge in [0.1, 0.15) is 18.0 Å². The van der Waals surface area contributed by atoms with Crippen LogP contribution in [0.3, 0.4) is 0 Å². The van der Waals surface area contributed by atoms with Crippen LogP contribution in [0, 0.1) is 6.92 Å². The second-order valence-electron chi connectivity index (χ2n) is 6.42. The van der Waals surface area contributed by atoms with Gasteiger partial charge in [0.25, 0.3) is 5.56 Å². The maximum Gasteiger partial charge on any atom is 0.267 e. The number of carbonyl (C=O) groups excluding carboxylic acids is 1. The zero-order valence-corrected chi connectivity index (χ0v) is 16.6. The number of ether oxygens (including phenoxy) is 2. The molecule has 7 heteroatoms. The van der Waals surface area contributed by atoms with E-state index in [1.807, 2.05) is 50.2 Å². The van der Waals surface area contributed by atoms with Gasteiger partial charge in [-0.05, 0) is 61.9 Å². The number of methoxy groups -OCH3 is 1. The number of nitrogens with one attached hydrogen (secondary N) is 1. The summed E-state index contributed by atoms with van der Waals surface area (Å²) in [5, 5.41) is 7.11. The predicted molar refractivity (Wildman–Crippen MR) is 111 cm³/mol. The van der Waals surface area contributed by atoms with Crippen LogP contribution in [0.15, 0.2) is 59.4 Å². The third-order valence-corrected chi connectivity index (χ3v) is 4.25. The van der Waals surface area contributed by atoms with Crippen molar-refractivity contribution in [1.29, 1.82) is 0 Å². The average Bonchev–Trinajstić information content (AvgIpc) is 2.71. The standard InChI is InChI=1S/C22H23N3O4/c1-4-29-17-8-6-16(7-9-17)18-10-12-22(27)25(24-18)14-21(26)23-19-13-15(2)5-11-20(19)28-3/h5-13H,4,14H2,1-3H3,(H,23,26). The highest BCUT2D eigenvalue weighted by molar-refractivity contribution is 5.92. The van der Waals surface area contributed by atoms with Gasteiger partial charge < -0.3 is 14.8 Å². The molecule has 0 aliphatic rings. The predicted octanol–water partition coefficient (Wildman–Crippen LogP) is 3.26. The molecule has 1 aromatic heterocycles. The molecule has 0 saturated carbocycles. The monoisotopic (exact) mass is 393 g/mol. The molecule has 29 heavy (non-hydrogen) atoms. The van der Waals surface area contributed by atoms with Crippen molar-refractivity contribution >= 4 is 11.6 Å². The van der Waals surface area contributed by atoms with Crippen molar-refractivity contribution in [2.45, 2.75) is 20.4 Å². The molecule has 0 aliphatic carbocycles. The highest BCUT2D eigenvalue weighted by Gasteiger charge is 2.11. The number of aryl methyl sites for hydroxylation is 1. The van der Waals surface area contributed by atoms with Crippen molar-refractivity contribution in [2.24, 2.45) is 0 Å². The highest BCUT2D eigenvalue weighted by atomic mass is 16.5. The van der Waals surface area contributed by atoms with Gasteiger partial charge >= 0.3 is 0 Å². The fraction of sp³-hybridized carbons (Fsp3) is 0.227. The lowest BCUT2D eigenvalue weighted by atomic mass is 10.1. The van der Waals surface area contributed by atoms with Crippen molar-refractivity contribution in [3.63, 3.8) is 0 Å². The molecular weight excluding hydrogens is 370 g/mol. The second kappa shape index (κ2) is 9.05. The Bertz CT molecular complexity index is 1060. The number of rotatable bonds is 7. The van der Waals surface area contributed by atoms with E-state index in [9.17, 15) is 9.59 Å². The molecule has 150 valence electrons. The van der Waals surface area contributed by atoms with Gasteiger partial charge in [-0.15, -0.1) is 0 Å². The molecule has 0 aliphatic heterocycles. The Kier molecular flexibility index (Phi) is 6.29. The van der Waals surface area contributed by atoms with Crippen LogP contribution in [-0.4, -0.2) is 29.4 Å². The van der Waals surface area contributed by atoms with E-state index >= 15 is 0 Å². The summed E-state index contributed by atoms with van der Waals surface area (Å²) in [6.07, 6.45) is 0. The number of nitrogens with zero attached hydrogens (tertiary/aromatic N) is 2. The van der Waals surface area contributed by atoms with Crippen LogP contribution >= 0.6 is 0 Å². The molecule has 0 unspecified atom stereocenters. The Balaban J connectivity index is 1.79. The number of amides is 1. The quantitative estimate of drug-likeness (QED) is 0.666. The van der Waals surface area contributed by atoms with Gasteiger partial charge in [0.15, 0.2) is 0 Å². The van der Waals surface area contributed by atoms with Gasteiger partial charge in [0, 0.05) is 11.6 Å². The van der Waals surface area contributed by atoms with E-state index in [1.54, 1.807) is 12.1 Å². The van der Waals surface area contributed by atoms with E-state index in [1.165, 1.54) is 13.2 Å². The molecule has 0 spiro atoms. The molecule has 0 atom stereocenters. The van der Waals surface area contributed by atoms with E-state index in [2.05, 4.69) is 10.4 Å². The third kappa shape index (κ3) is 5.01. The number of carbonyl (C=O) groups is 1. The van der Waals surface area contributed by atoms with Crippen LogP contribution in [0.5, 0.6) is 11.5 Å². The van der Waals surface area contributed by atoms with E-state index in [0.29, 0.717) is 23.7 Å². The van der Waals surface area contributed by atoms with E-state index in [-0.39, 0.29) is 18.0 Å². The minimum atomic E-state index is -0.368. The molecule has 0 radical (unpaired) electrons. The summed E-state index contributed by atoms with van der Waals surface area (Å²) in [4.78, 5) is 24.7. The Hall–Kier alpha value is -3.61. The SMILES string of the molecule is CCOc1ccc(-c2ccc(=O)n(CC(=O)Nc3cc(C)ccc3OC)n2)cc1. The fourth-order valence-corrected chi connectivity index (χ4v) is 2.85. The van der Waals surface area contributed by atoms with Crippen LogP contribution in [-0.2, 0) is 11.3 Å². The van der Waals surface area contributed by atoms with Gasteiger partial charge in [0.2, 0.25) is 5.91 Å². The first-order valence-electron chi connectivity index (χ1n) is 9.26. The Labute approximate surface area is 168 Å². The van der Waals surface area contributed by atoms with Crippen LogP contribution in [0.25, 0.3) is 11.3 Å². The molecule has 1 N–H and O–H groups in total. The molecule has 0 bridgehead atoms. The van der Waals surface area contributed by atoms with Crippen LogP contribution in [0.2, 0.25) is 0 Å². The summed E-state index contributed by atoms with van der Waals surface area (Å²) in [6, 6.07) is 15.9. The van der Waals surface area contributed by atoms with Crippen molar-refractivity contribution in [1.82, 2.24) is 9.78 Å². The lowest BCUT2D eigenvalue weighted by molar-refractivity contribution is -0.117. The maximum atomic E-state index is 12.5. The zero-order valence-electron chi connectivity index (χ0n) is 16.6. The smallest absolute Gasteiger partial charge is 0.267 e. The molecule has 7 nitrogen and oxygen atoms in total. The minimum Gasteiger partial charge on any atom is -0.495 e. The molecule has 0 fully saturated rings. The number of benzene rings is 2. The zero-order chi connectivity index (χ0) is 20.8. The number of anilines is 1. The number of aromatic nitrogens is 2. The van der Waals surface area contributed by atoms with Crippen LogP contribution < -0.4 is 20.3 Å². The number of hydrogen-bond acceptors (Lipinski definition) is 5. The Morgan fingerprint density at radius 1 is 1.10 bits per heavy atom. The summed E-state index contributed by atoms with van der Waals surface area (Å²) in [7, 11) is 1.53. The molecule has 1 heterocycles. The third-order valence-electron chi connectivity index (χ3n) is 4.25. The largest absolute Gasteiger partial charge is 0.495 e. The first-order valence-corrected chi connectivity index (χ1v) is 9.26. The highest BCUT2D eigenvalue weighted by Crippen LogP contribution is 2.25. The van der Waals surface area contributed by atoms with Gasteiger partial charge in [0.05, 0.1) is 25.1 Å². The molecular formula is C22H23N3O4. The van der Waals surface area contributed by atoms with Gasteiger partial charge in [-0.3, -0.25) is 9.59 Å². The van der Waals surface area contributed by atoms with Crippen molar-refractivity contribution in [2.75, 3.05) is 19.0 Å². The van der Waals surface area contributed by atoms with E-state index in [0.717, 1.165) is 21.6 Å². The van der Waals surface area contributed by atoms with Gasteiger partial charge in [-0.2, -0.15) is 5.10 Å². The van der Waals surface area contributed by atoms with E-state index < -0.39 is 0 Å². The Morgan fingerprint density at radius 2 is 1.86 bits per heavy atom. The maximum absolute atomic E-state index is 12.5. The molecule has 0 saturated heterocycles. The second-order valence-corrected chi connectivity index (χ2v) is 6.42. The molecule has 3 rings (SSSR count). The van der Waals surface area contributed by atoms with Gasteiger partial charge in [-0.25, -0.2) is 4.68 Å². The number of hydrogen-bond donors (Lipinski definition) is 1. The van der Waals surface area contributed by atoms with Crippen molar-refractivity contribution < 1.29 is 14.3 Å². The van der Waals surface area contributed by atoms with E-state index in [4.69, 9.17) is 9.47 Å². The average molecular weight is 393 g/mol. The first kappa shape index (κ1) is 20.1. The lowest BCUT2D eigenvalue weighted by Gasteiger charge is -2.12. The fourth-order valence-electron chi connectivity index (χ4n) is 2.85. The molecule has 3 aromatic rings.